The first-order chi connectivity index (χ1) is 12.1. The van der Waals surface area contributed by atoms with E-state index in [0.717, 1.165) is 5.56 Å². The van der Waals surface area contributed by atoms with Gasteiger partial charge in [-0.15, -0.1) is 0 Å². The Kier molecular flexibility index (Phi) is 4.03. The number of H-pyrrole nitrogens is 2. The minimum Gasteiger partial charge on any atom is -0.335 e. The highest BCUT2D eigenvalue weighted by molar-refractivity contribution is 6.30. The average molecular weight is 358 g/mol. The molecule has 1 aromatic carbocycles. The van der Waals surface area contributed by atoms with E-state index in [-0.39, 0.29) is 17.6 Å². The summed E-state index contributed by atoms with van der Waals surface area (Å²) in [6.07, 6.45) is 1.49. The topological polar surface area (TPSA) is 93.9 Å². The van der Waals surface area contributed by atoms with Crippen LogP contribution in [0.1, 0.15) is 22.0 Å². The van der Waals surface area contributed by atoms with Gasteiger partial charge in [0.2, 0.25) is 0 Å². The Hall–Kier alpha value is -2.64. The van der Waals surface area contributed by atoms with Crippen molar-refractivity contribution in [2.24, 2.45) is 0 Å². The van der Waals surface area contributed by atoms with Crippen LogP contribution in [0.2, 0.25) is 5.02 Å². The van der Waals surface area contributed by atoms with E-state index in [1.807, 2.05) is 24.3 Å². The first kappa shape index (κ1) is 15.9. The van der Waals surface area contributed by atoms with Gasteiger partial charge in [-0.2, -0.15) is 0 Å². The Balaban J connectivity index is 1.57. The maximum atomic E-state index is 12.8. The van der Waals surface area contributed by atoms with Gasteiger partial charge >= 0.3 is 5.69 Å². The van der Waals surface area contributed by atoms with Crippen LogP contribution in [0, 0.1) is 0 Å². The normalized spacial score (nSPS) is 17.8. The van der Waals surface area contributed by atoms with E-state index >= 15 is 0 Å². The second-order valence-corrected chi connectivity index (χ2v) is 6.45. The average Bonchev–Trinajstić information content (AvgIpc) is 3.00. The lowest BCUT2D eigenvalue weighted by molar-refractivity contribution is 0.0702. The van der Waals surface area contributed by atoms with Crippen molar-refractivity contribution in [2.75, 3.05) is 19.6 Å². The fourth-order valence-electron chi connectivity index (χ4n) is 3.10. The van der Waals surface area contributed by atoms with Gasteiger partial charge in [-0.3, -0.25) is 9.78 Å². The molecule has 25 heavy (non-hydrogen) atoms. The summed E-state index contributed by atoms with van der Waals surface area (Å²) >= 11 is 6.07. The predicted molar refractivity (Wildman–Crippen MR) is 94.8 cm³/mol. The molecule has 0 aliphatic carbocycles. The number of amides is 1. The number of hydrogen-bond acceptors (Lipinski definition) is 4. The lowest BCUT2D eigenvalue weighted by atomic mass is 10.0. The zero-order chi connectivity index (χ0) is 17.4. The largest absolute Gasteiger partial charge is 0.335 e. The molecule has 0 bridgehead atoms. The standard InChI is InChI=1S/C17H16ClN5O2/c18-12-3-1-2-10(6-12)14-9-23(5-4-19-14)16(24)11-7-13-15(20-8-11)22-17(25)21-13/h1-3,6-8,14,19H,4-5,9H2,(H2,20,21,22,25). The molecule has 3 aromatic rings. The van der Waals surface area contributed by atoms with Crippen LogP contribution in [-0.4, -0.2) is 45.4 Å². The van der Waals surface area contributed by atoms with Crippen molar-refractivity contribution >= 4 is 28.7 Å². The van der Waals surface area contributed by atoms with Crippen molar-refractivity contribution < 1.29 is 4.79 Å². The number of carbonyl (C=O) groups is 1. The van der Waals surface area contributed by atoms with Crippen LogP contribution in [0.25, 0.3) is 11.2 Å². The molecule has 8 heteroatoms. The second-order valence-electron chi connectivity index (χ2n) is 6.01. The van der Waals surface area contributed by atoms with Gasteiger partial charge < -0.3 is 15.2 Å². The summed E-state index contributed by atoms with van der Waals surface area (Å²) in [4.78, 5) is 35.3. The molecule has 0 saturated carbocycles. The Morgan fingerprint density at radius 2 is 2.16 bits per heavy atom. The summed E-state index contributed by atoms with van der Waals surface area (Å²) in [5, 5.41) is 4.09. The molecule has 3 heterocycles. The molecule has 1 atom stereocenters. The fourth-order valence-corrected chi connectivity index (χ4v) is 3.30. The van der Waals surface area contributed by atoms with Crippen molar-refractivity contribution in [3.8, 4) is 0 Å². The smallest absolute Gasteiger partial charge is 0.325 e. The van der Waals surface area contributed by atoms with Crippen LogP contribution in [0.3, 0.4) is 0 Å². The van der Waals surface area contributed by atoms with Gasteiger partial charge in [-0.25, -0.2) is 9.78 Å². The number of hydrogen-bond donors (Lipinski definition) is 3. The SMILES string of the molecule is O=C(c1cnc2[nH]c(=O)[nH]c2c1)N1CCNC(c2cccc(Cl)c2)C1. The molecule has 0 spiro atoms. The zero-order valence-corrected chi connectivity index (χ0v) is 14.0. The van der Waals surface area contributed by atoms with E-state index < -0.39 is 0 Å². The van der Waals surface area contributed by atoms with E-state index in [1.54, 1.807) is 11.0 Å². The Labute approximate surface area is 148 Å². The molecule has 1 fully saturated rings. The minimum atomic E-state index is -0.338. The van der Waals surface area contributed by atoms with Gasteiger partial charge in [0.1, 0.15) is 0 Å². The summed E-state index contributed by atoms with van der Waals surface area (Å²) < 4.78 is 0. The monoisotopic (exact) mass is 357 g/mol. The number of carbonyl (C=O) groups excluding carboxylic acids is 1. The second kappa shape index (κ2) is 6.34. The molecule has 1 amide bonds. The lowest BCUT2D eigenvalue weighted by Crippen LogP contribution is -2.48. The summed E-state index contributed by atoms with van der Waals surface area (Å²) in [7, 11) is 0. The highest BCUT2D eigenvalue weighted by Gasteiger charge is 2.25. The number of halogens is 1. The summed E-state index contributed by atoms with van der Waals surface area (Å²) in [6, 6.07) is 9.32. The third-order valence-electron chi connectivity index (χ3n) is 4.33. The van der Waals surface area contributed by atoms with Crippen molar-refractivity contribution in [2.45, 2.75) is 6.04 Å². The van der Waals surface area contributed by atoms with Crippen molar-refractivity contribution in [1.29, 1.82) is 0 Å². The van der Waals surface area contributed by atoms with Crippen molar-refractivity contribution in [1.82, 2.24) is 25.2 Å². The third-order valence-corrected chi connectivity index (χ3v) is 4.56. The third kappa shape index (κ3) is 3.16. The molecular weight excluding hydrogens is 342 g/mol. The van der Waals surface area contributed by atoms with Crippen molar-refractivity contribution in [3.63, 3.8) is 0 Å². The molecule has 1 aliphatic heterocycles. The van der Waals surface area contributed by atoms with Crippen LogP contribution < -0.4 is 11.0 Å². The predicted octanol–water partition coefficient (Wildman–Crippen LogP) is 1.69. The van der Waals surface area contributed by atoms with Gasteiger partial charge in [0.25, 0.3) is 5.91 Å². The van der Waals surface area contributed by atoms with Crippen LogP contribution in [0.5, 0.6) is 0 Å². The van der Waals surface area contributed by atoms with Crippen LogP contribution >= 0.6 is 11.6 Å². The molecule has 1 saturated heterocycles. The van der Waals surface area contributed by atoms with Crippen molar-refractivity contribution in [3.05, 3.63) is 63.2 Å². The van der Waals surface area contributed by atoms with Crippen LogP contribution in [0.4, 0.5) is 0 Å². The molecular formula is C17H16ClN5O2. The number of aromatic amines is 2. The number of piperazine rings is 1. The molecule has 128 valence electrons. The van der Waals surface area contributed by atoms with Crippen LogP contribution in [-0.2, 0) is 0 Å². The first-order valence-corrected chi connectivity index (χ1v) is 8.34. The minimum absolute atomic E-state index is 0.0279. The number of aromatic nitrogens is 3. The number of nitrogens with zero attached hydrogens (tertiary/aromatic N) is 2. The highest BCUT2D eigenvalue weighted by atomic mass is 35.5. The van der Waals surface area contributed by atoms with Gasteiger partial charge in [-0.05, 0) is 23.8 Å². The first-order valence-electron chi connectivity index (χ1n) is 7.96. The lowest BCUT2D eigenvalue weighted by Gasteiger charge is -2.34. The maximum Gasteiger partial charge on any atom is 0.325 e. The quantitative estimate of drug-likeness (QED) is 0.650. The van der Waals surface area contributed by atoms with Gasteiger partial charge in [0.15, 0.2) is 5.65 Å². The van der Waals surface area contributed by atoms with E-state index in [9.17, 15) is 9.59 Å². The molecule has 7 nitrogen and oxygen atoms in total. The van der Waals surface area contributed by atoms with Gasteiger partial charge in [0.05, 0.1) is 17.1 Å². The Bertz CT molecular complexity index is 996. The zero-order valence-electron chi connectivity index (χ0n) is 13.3. The molecule has 1 aliphatic rings. The van der Waals surface area contributed by atoms with E-state index in [2.05, 4.69) is 20.3 Å². The molecule has 0 radical (unpaired) electrons. The number of rotatable bonds is 2. The number of pyridine rings is 1. The number of benzene rings is 1. The summed E-state index contributed by atoms with van der Waals surface area (Å²) in [5.41, 5.74) is 2.13. The maximum absolute atomic E-state index is 12.8. The summed E-state index contributed by atoms with van der Waals surface area (Å²) in [6.45, 7) is 1.85. The van der Waals surface area contributed by atoms with E-state index in [4.69, 9.17) is 11.6 Å². The molecule has 4 rings (SSSR count). The number of imidazole rings is 1. The fraction of sp³-hybridized carbons (Fsp3) is 0.235. The number of fused-ring (bicyclic) bond motifs is 1. The molecule has 2 aromatic heterocycles. The Morgan fingerprint density at radius 3 is 3.00 bits per heavy atom. The van der Waals surface area contributed by atoms with Crippen LogP contribution in [0.15, 0.2) is 41.3 Å². The molecule has 1 unspecified atom stereocenters. The van der Waals surface area contributed by atoms with E-state index in [1.165, 1.54) is 6.20 Å². The van der Waals surface area contributed by atoms with Gasteiger partial charge in [0, 0.05) is 30.9 Å². The highest BCUT2D eigenvalue weighted by Crippen LogP contribution is 2.22. The Morgan fingerprint density at radius 1 is 1.28 bits per heavy atom. The van der Waals surface area contributed by atoms with E-state index in [0.29, 0.717) is 41.4 Å². The van der Waals surface area contributed by atoms with Gasteiger partial charge in [-0.1, -0.05) is 23.7 Å². The number of nitrogens with one attached hydrogen (secondary N) is 3. The molecule has 3 N–H and O–H groups in total. The summed E-state index contributed by atoms with van der Waals surface area (Å²) in [5.74, 6) is -0.107.